The lowest BCUT2D eigenvalue weighted by Gasteiger charge is -2.20. The highest BCUT2D eigenvalue weighted by atomic mass is 16.2. The van der Waals surface area contributed by atoms with Gasteiger partial charge in [0.25, 0.3) is 5.91 Å². The quantitative estimate of drug-likeness (QED) is 0.753. The summed E-state index contributed by atoms with van der Waals surface area (Å²) < 4.78 is 0. The van der Waals surface area contributed by atoms with Crippen LogP contribution in [0.25, 0.3) is 10.9 Å². The summed E-state index contributed by atoms with van der Waals surface area (Å²) in [5, 5.41) is 3.99. The normalized spacial score (nSPS) is 13.9. The van der Waals surface area contributed by atoms with Gasteiger partial charge >= 0.3 is 0 Å². The largest absolute Gasteiger partial charge is 0.358 e. The molecule has 5 heteroatoms. The number of nitrogens with zero attached hydrogens (tertiary/aromatic N) is 1. The maximum Gasteiger partial charge on any atom is 0.251 e. The number of hydrogen-bond donors (Lipinski definition) is 2. The summed E-state index contributed by atoms with van der Waals surface area (Å²) in [6.45, 7) is 3.47. The van der Waals surface area contributed by atoms with Crippen LogP contribution in [-0.2, 0) is 17.6 Å². The molecule has 4 rings (SSSR count). The Kier molecular flexibility index (Phi) is 4.67. The van der Waals surface area contributed by atoms with Crippen molar-refractivity contribution >= 4 is 22.7 Å². The minimum absolute atomic E-state index is 0.0293. The van der Waals surface area contributed by atoms with Crippen molar-refractivity contribution in [3.63, 3.8) is 0 Å². The number of fused-ring (bicyclic) bond motifs is 3. The Bertz CT molecular complexity index is 991. The van der Waals surface area contributed by atoms with Gasteiger partial charge in [0.05, 0.1) is 6.54 Å². The molecule has 3 aromatic rings. The second-order valence-corrected chi connectivity index (χ2v) is 7.06. The highest BCUT2D eigenvalue weighted by molar-refractivity contribution is 5.96. The van der Waals surface area contributed by atoms with Crippen LogP contribution in [0.5, 0.6) is 0 Å². The zero-order valence-corrected chi connectivity index (χ0v) is 15.4. The molecule has 2 heterocycles. The number of aryl methyl sites for hydroxylation is 1. The van der Waals surface area contributed by atoms with Gasteiger partial charge in [-0.25, -0.2) is 0 Å². The van der Waals surface area contributed by atoms with Crippen molar-refractivity contribution in [2.75, 3.05) is 19.6 Å². The third-order valence-electron chi connectivity index (χ3n) is 5.20. The average molecular weight is 361 g/mol. The molecule has 0 aliphatic carbocycles. The van der Waals surface area contributed by atoms with Crippen LogP contribution in [0.4, 0.5) is 0 Å². The summed E-state index contributed by atoms with van der Waals surface area (Å²) in [4.78, 5) is 30.1. The van der Waals surface area contributed by atoms with E-state index in [4.69, 9.17) is 0 Å². The Morgan fingerprint density at radius 1 is 1.07 bits per heavy atom. The third kappa shape index (κ3) is 3.58. The number of benzene rings is 2. The van der Waals surface area contributed by atoms with Crippen LogP contribution < -0.4 is 5.32 Å². The third-order valence-corrected chi connectivity index (χ3v) is 5.20. The molecular weight excluding hydrogens is 338 g/mol. The Hall–Kier alpha value is -3.08. The molecule has 2 N–H and O–H groups in total. The van der Waals surface area contributed by atoms with E-state index in [1.807, 2.05) is 23.1 Å². The van der Waals surface area contributed by atoms with Crippen LogP contribution in [0, 0.1) is 6.92 Å². The number of H-pyrrole nitrogens is 1. The Morgan fingerprint density at radius 2 is 1.85 bits per heavy atom. The molecule has 1 aliphatic rings. The van der Waals surface area contributed by atoms with Gasteiger partial charge in [-0.1, -0.05) is 29.8 Å². The fraction of sp³-hybridized carbons (Fsp3) is 0.273. The average Bonchev–Trinajstić information content (AvgIpc) is 2.89. The zero-order valence-electron chi connectivity index (χ0n) is 15.4. The standard InChI is InChI=1S/C22H23N3O2/c1-15-7-8-19-18(13-15)17-9-11-25(12-10-20(17)24-19)21(26)14-23-22(27)16-5-3-2-4-6-16/h2-8,13,24H,9-12,14H2,1H3,(H,23,27). The minimum Gasteiger partial charge on any atom is -0.358 e. The minimum atomic E-state index is -0.217. The first kappa shape index (κ1) is 17.3. The molecule has 0 unspecified atom stereocenters. The summed E-state index contributed by atoms with van der Waals surface area (Å²) in [5.74, 6) is -0.254. The number of carbonyl (C=O) groups is 2. The van der Waals surface area contributed by atoms with Gasteiger partial charge in [0, 0.05) is 41.7 Å². The highest BCUT2D eigenvalue weighted by Crippen LogP contribution is 2.26. The SMILES string of the molecule is Cc1ccc2[nH]c3c(c2c1)CCN(C(=O)CNC(=O)c1ccccc1)CC3. The lowest BCUT2D eigenvalue weighted by Crippen LogP contribution is -2.41. The number of nitrogens with one attached hydrogen (secondary N) is 2. The molecule has 0 saturated carbocycles. The van der Waals surface area contributed by atoms with Gasteiger partial charge in [0.2, 0.25) is 5.91 Å². The predicted octanol–water partition coefficient (Wildman–Crippen LogP) is 2.83. The predicted molar refractivity (Wildman–Crippen MR) is 106 cm³/mol. The van der Waals surface area contributed by atoms with Crippen LogP contribution in [0.1, 0.15) is 27.2 Å². The number of carbonyl (C=O) groups excluding carboxylic acids is 2. The topological polar surface area (TPSA) is 65.2 Å². The van der Waals surface area contributed by atoms with Crippen LogP contribution in [-0.4, -0.2) is 41.3 Å². The van der Waals surface area contributed by atoms with Gasteiger partial charge < -0.3 is 15.2 Å². The molecule has 0 radical (unpaired) electrons. The van der Waals surface area contributed by atoms with Crippen LogP contribution in [0.3, 0.4) is 0 Å². The van der Waals surface area contributed by atoms with Gasteiger partial charge in [-0.3, -0.25) is 9.59 Å². The van der Waals surface area contributed by atoms with Gasteiger partial charge in [-0.15, -0.1) is 0 Å². The van der Waals surface area contributed by atoms with E-state index in [1.165, 1.54) is 27.7 Å². The van der Waals surface area contributed by atoms with E-state index in [0.717, 1.165) is 12.8 Å². The molecule has 0 bridgehead atoms. The van der Waals surface area contributed by atoms with Gasteiger partial charge in [-0.2, -0.15) is 0 Å². The van der Waals surface area contributed by atoms with E-state index in [0.29, 0.717) is 18.7 Å². The van der Waals surface area contributed by atoms with E-state index in [-0.39, 0.29) is 18.4 Å². The number of rotatable bonds is 3. The molecule has 1 aromatic heterocycles. The summed E-state index contributed by atoms with van der Waals surface area (Å²) in [6, 6.07) is 15.4. The molecule has 0 atom stereocenters. The fourth-order valence-electron chi connectivity index (χ4n) is 3.73. The summed E-state index contributed by atoms with van der Waals surface area (Å²) in [7, 11) is 0. The number of aromatic nitrogens is 1. The molecule has 5 nitrogen and oxygen atoms in total. The van der Waals surface area contributed by atoms with Crippen molar-refractivity contribution < 1.29 is 9.59 Å². The second kappa shape index (κ2) is 7.27. The molecule has 1 aliphatic heterocycles. The van der Waals surface area contributed by atoms with E-state index in [1.54, 1.807) is 12.1 Å². The zero-order chi connectivity index (χ0) is 18.8. The molecule has 0 fully saturated rings. The van der Waals surface area contributed by atoms with Crippen molar-refractivity contribution in [2.45, 2.75) is 19.8 Å². The lowest BCUT2D eigenvalue weighted by atomic mass is 10.1. The van der Waals surface area contributed by atoms with Crippen LogP contribution in [0.15, 0.2) is 48.5 Å². The Balaban J connectivity index is 1.40. The van der Waals surface area contributed by atoms with Crippen molar-refractivity contribution in [1.29, 1.82) is 0 Å². The number of amides is 2. The molecule has 27 heavy (non-hydrogen) atoms. The number of hydrogen-bond acceptors (Lipinski definition) is 2. The molecule has 2 aromatic carbocycles. The van der Waals surface area contributed by atoms with E-state index in [9.17, 15) is 9.59 Å². The first-order valence-electron chi connectivity index (χ1n) is 9.33. The smallest absolute Gasteiger partial charge is 0.251 e. The van der Waals surface area contributed by atoms with Gasteiger partial charge in [0.1, 0.15) is 0 Å². The van der Waals surface area contributed by atoms with Crippen molar-refractivity contribution in [1.82, 2.24) is 15.2 Å². The lowest BCUT2D eigenvalue weighted by molar-refractivity contribution is -0.130. The first-order chi connectivity index (χ1) is 13.1. The number of aromatic amines is 1. The molecule has 0 saturated heterocycles. The van der Waals surface area contributed by atoms with Gasteiger partial charge in [0.15, 0.2) is 0 Å². The summed E-state index contributed by atoms with van der Waals surface area (Å²) in [5.41, 5.74) is 5.51. The molecule has 0 spiro atoms. The Morgan fingerprint density at radius 3 is 2.67 bits per heavy atom. The van der Waals surface area contributed by atoms with Crippen molar-refractivity contribution in [2.24, 2.45) is 0 Å². The maximum atomic E-state index is 12.6. The van der Waals surface area contributed by atoms with Crippen molar-refractivity contribution in [3.8, 4) is 0 Å². The monoisotopic (exact) mass is 361 g/mol. The Labute approximate surface area is 158 Å². The van der Waals surface area contributed by atoms with E-state index < -0.39 is 0 Å². The summed E-state index contributed by atoms with van der Waals surface area (Å²) in [6.07, 6.45) is 1.64. The molecule has 138 valence electrons. The molecular formula is C22H23N3O2. The second-order valence-electron chi connectivity index (χ2n) is 7.06. The maximum absolute atomic E-state index is 12.6. The van der Waals surface area contributed by atoms with Crippen LogP contribution >= 0.6 is 0 Å². The van der Waals surface area contributed by atoms with E-state index >= 15 is 0 Å². The van der Waals surface area contributed by atoms with Gasteiger partial charge in [-0.05, 0) is 43.2 Å². The first-order valence-corrected chi connectivity index (χ1v) is 9.33. The molecule has 2 amide bonds. The highest BCUT2D eigenvalue weighted by Gasteiger charge is 2.21. The summed E-state index contributed by atoms with van der Waals surface area (Å²) >= 11 is 0. The van der Waals surface area contributed by atoms with Crippen LogP contribution in [0.2, 0.25) is 0 Å². The fourth-order valence-corrected chi connectivity index (χ4v) is 3.73. The van der Waals surface area contributed by atoms with E-state index in [2.05, 4.69) is 35.4 Å². The van der Waals surface area contributed by atoms with Crippen molar-refractivity contribution in [3.05, 3.63) is 70.9 Å².